The molecule has 0 bridgehead atoms. The van der Waals surface area contributed by atoms with Gasteiger partial charge in [-0.2, -0.15) is 28.1 Å². The first-order valence-corrected chi connectivity index (χ1v) is 11.6. The molecular formula is C22H28F3N7O3. The van der Waals surface area contributed by atoms with Crippen molar-refractivity contribution in [1.29, 1.82) is 0 Å². The predicted molar refractivity (Wildman–Crippen MR) is 122 cm³/mol. The zero-order valence-corrected chi connectivity index (χ0v) is 19.5. The molecule has 4 rings (SSSR count). The first-order valence-electron chi connectivity index (χ1n) is 11.6. The summed E-state index contributed by atoms with van der Waals surface area (Å²) in [6.45, 7) is 5.85. The molecule has 1 amide bonds. The largest absolute Gasteiger partial charge is 0.417 e. The molecule has 35 heavy (non-hydrogen) atoms. The Balaban J connectivity index is 1.74. The number of carbonyl (C=O) groups excluding carboxylic acids is 1. The van der Waals surface area contributed by atoms with E-state index in [-0.39, 0.29) is 41.4 Å². The summed E-state index contributed by atoms with van der Waals surface area (Å²) in [5.41, 5.74) is -1.26. The highest BCUT2D eigenvalue weighted by Crippen LogP contribution is 2.37. The van der Waals surface area contributed by atoms with Gasteiger partial charge in [-0.25, -0.2) is 4.98 Å². The van der Waals surface area contributed by atoms with Crippen LogP contribution in [0.5, 0.6) is 0 Å². The molecule has 0 spiro atoms. The number of halogens is 3. The summed E-state index contributed by atoms with van der Waals surface area (Å²) >= 11 is 0. The Hall–Kier alpha value is -3.06. The van der Waals surface area contributed by atoms with E-state index in [4.69, 9.17) is 9.47 Å². The fourth-order valence-electron chi connectivity index (χ4n) is 3.76. The first-order chi connectivity index (χ1) is 16.8. The minimum Gasteiger partial charge on any atom is -0.378 e. The van der Waals surface area contributed by atoms with Crippen LogP contribution >= 0.6 is 0 Å². The van der Waals surface area contributed by atoms with E-state index in [0.29, 0.717) is 59.0 Å². The van der Waals surface area contributed by atoms with Gasteiger partial charge in [0.25, 0.3) is 0 Å². The number of aromatic nitrogens is 4. The van der Waals surface area contributed by atoms with E-state index in [0.717, 1.165) is 18.7 Å². The van der Waals surface area contributed by atoms with E-state index in [1.807, 2.05) is 16.7 Å². The van der Waals surface area contributed by atoms with Crippen molar-refractivity contribution in [2.45, 2.75) is 32.4 Å². The lowest BCUT2D eigenvalue weighted by Crippen LogP contribution is -2.40. The van der Waals surface area contributed by atoms with Crippen LogP contribution in [0.4, 0.5) is 30.9 Å². The Bertz CT molecular complexity index is 990. The Morgan fingerprint density at radius 2 is 1.57 bits per heavy atom. The van der Waals surface area contributed by atoms with E-state index >= 15 is 0 Å². The predicted octanol–water partition coefficient (Wildman–Crippen LogP) is 2.75. The summed E-state index contributed by atoms with van der Waals surface area (Å²) in [4.78, 5) is 33.1. The van der Waals surface area contributed by atoms with Gasteiger partial charge in [0.1, 0.15) is 5.82 Å². The Morgan fingerprint density at radius 1 is 1.00 bits per heavy atom. The monoisotopic (exact) mass is 495 g/mol. The number of carbonyl (C=O) groups is 1. The molecule has 0 atom stereocenters. The van der Waals surface area contributed by atoms with Gasteiger partial charge < -0.3 is 24.6 Å². The molecule has 2 saturated heterocycles. The van der Waals surface area contributed by atoms with Gasteiger partial charge >= 0.3 is 6.18 Å². The van der Waals surface area contributed by atoms with Crippen LogP contribution in [-0.2, 0) is 20.4 Å². The van der Waals surface area contributed by atoms with Crippen LogP contribution in [0.25, 0.3) is 11.4 Å². The van der Waals surface area contributed by atoms with Crippen LogP contribution < -0.4 is 15.1 Å². The first kappa shape index (κ1) is 25.0. The summed E-state index contributed by atoms with van der Waals surface area (Å²) in [6, 6.07) is 0.825. The standard InChI is InChI=1S/C22H28F3N7O3/c1-2-3-4-18(33)27-17-13-16(22(23,24)25)15(14-26-17)19-28-20(31-5-9-34-10-6-31)30-21(29-19)32-7-11-35-12-8-32/h13-14H,2-12H2,1H3,(H,26,27,33). The van der Waals surface area contributed by atoms with Gasteiger partial charge in [-0.3, -0.25) is 4.79 Å². The number of ether oxygens (including phenoxy) is 2. The van der Waals surface area contributed by atoms with Crippen LogP contribution in [0.1, 0.15) is 31.7 Å². The molecule has 13 heteroatoms. The lowest BCUT2D eigenvalue weighted by Gasteiger charge is -2.30. The molecule has 2 aliphatic rings. The smallest absolute Gasteiger partial charge is 0.378 e. The van der Waals surface area contributed by atoms with Crippen molar-refractivity contribution in [3.8, 4) is 11.4 Å². The lowest BCUT2D eigenvalue weighted by molar-refractivity contribution is -0.137. The topological polar surface area (TPSA) is 106 Å². The van der Waals surface area contributed by atoms with E-state index in [2.05, 4.69) is 25.3 Å². The molecule has 4 heterocycles. The second kappa shape index (κ2) is 11.1. The highest BCUT2D eigenvalue weighted by atomic mass is 19.4. The number of nitrogens with one attached hydrogen (secondary N) is 1. The van der Waals surface area contributed by atoms with E-state index in [1.54, 1.807) is 0 Å². The minimum absolute atomic E-state index is 0.133. The van der Waals surface area contributed by atoms with Crippen molar-refractivity contribution >= 4 is 23.6 Å². The maximum atomic E-state index is 14.1. The molecule has 0 radical (unpaired) electrons. The highest BCUT2D eigenvalue weighted by Gasteiger charge is 2.36. The molecule has 0 aromatic carbocycles. The number of rotatable bonds is 7. The SMILES string of the molecule is CCCCC(=O)Nc1cc(C(F)(F)F)c(-c2nc(N3CCOCC3)nc(N3CCOCC3)n2)cn1. The zero-order valence-electron chi connectivity index (χ0n) is 19.5. The minimum atomic E-state index is -4.72. The van der Waals surface area contributed by atoms with Gasteiger partial charge in [-0.05, 0) is 12.5 Å². The quantitative estimate of drug-likeness (QED) is 0.621. The normalized spacial score (nSPS) is 16.9. The molecule has 1 N–H and O–H groups in total. The number of unbranched alkanes of at least 4 members (excludes halogenated alkanes) is 1. The van der Waals surface area contributed by atoms with Crippen LogP contribution in [-0.4, -0.2) is 78.4 Å². The van der Waals surface area contributed by atoms with E-state index < -0.39 is 11.7 Å². The summed E-state index contributed by atoms with van der Waals surface area (Å²) in [5, 5.41) is 2.45. The van der Waals surface area contributed by atoms with Crippen LogP contribution in [0.2, 0.25) is 0 Å². The number of hydrogen-bond acceptors (Lipinski definition) is 9. The summed E-state index contributed by atoms with van der Waals surface area (Å²) in [7, 11) is 0. The average molecular weight is 496 g/mol. The third kappa shape index (κ3) is 6.34. The van der Waals surface area contributed by atoms with Crippen molar-refractivity contribution in [2.75, 3.05) is 67.7 Å². The molecule has 0 aliphatic carbocycles. The van der Waals surface area contributed by atoms with Crippen molar-refractivity contribution < 1.29 is 27.4 Å². The average Bonchev–Trinajstić information content (AvgIpc) is 2.87. The van der Waals surface area contributed by atoms with Gasteiger partial charge in [-0.15, -0.1) is 0 Å². The number of alkyl halides is 3. The van der Waals surface area contributed by atoms with Crippen molar-refractivity contribution in [3.63, 3.8) is 0 Å². The third-order valence-corrected chi connectivity index (χ3v) is 5.67. The molecule has 2 aromatic heterocycles. The number of hydrogen-bond donors (Lipinski definition) is 1. The molecule has 0 unspecified atom stereocenters. The van der Waals surface area contributed by atoms with Gasteiger partial charge in [0.15, 0.2) is 5.82 Å². The van der Waals surface area contributed by atoms with Gasteiger partial charge in [-0.1, -0.05) is 13.3 Å². The number of nitrogens with zero attached hydrogens (tertiary/aromatic N) is 6. The molecule has 2 aromatic rings. The lowest BCUT2D eigenvalue weighted by atomic mass is 10.1. The number of pyridine rings is 1. The Labute approximate surface area is 200 Å². The van der Waals surface area contributed by atoms with Crippen LogP contribution in [0, 0.1) is 0 Å². The highest BCUT2D eigenvalue weighted by molar-refractivity contribution is 5.90. The fourth-order valence-corrected chi connectivity index (χ4v) is 3.76. The molecule has 0 saturated carbocycles. The number of amides is 1. The maximum absolute atomic E-state index is 14.1. The summed E-state index contributed by atoms with van der Waals surface area (Å²) in [6.07, 6.45) is -2.02. The summed E-state index contributed by atoms with van der Waals surface area (Å²) < 4.78 is 53.1. The molecule has 190 valence electrons. The Kier molecular flexibility index (Phi) is 7.96. The second-order valence-electron chi connectivity index (χ2n) is 8.22. The molecule has 2 aliphatic heterocycles. The van der Waals surface area contributed by atoms with Gasteiger partial charge in [0.05, 0.1) is 37.6 Å². The second-order valence-corrected chi connectivity index (χ2v) is 8.22. The van der Waals surface area contributed by atoms with Crippen LogP contribution in [0.15, 0.2) is 12.3 Å². The van der Waals surface area contributed by atoms with Crippen molar-refractivity contribution in [3.05, 3.63) is 17.8 Å². The number of morpholine rings is 2. The molecule has 2 fully saturated rings. The van der Waals surface area contributed by atoms with Crippen molar-refractivity contribution in [1.82, 2.24) is 19.9 Å². The number of anilines is 3. The van der Waals surface area contributed by atoms with E-state index in [1.165, 1.54) is 0 Å². The van der Waals surface area contributed by atoms with Crippen molar-refractivity contribution in [2.24, 2.45) is 0 Å². The Morgan fingerprint density at radius 3 is 2.09 bits per heavy atom. The van der Waals surface area contributed by atoms with E-state index in [9.17, 15) is 18.0 Å². The molecular weight excluding hydrogens is 467 g/mol. The fraction of sp³-hybridized carbons (Fsp3) is 0.591. The van der Waals surface area contributed by atoms with Gasteiger partial charge in [0, 0.05) is 38.8 Å². The zero-order chi connectivity index (χ0) is 24.8. The maximum Gasteiger partial charge on any atom is 0.417 e. The third-order valence-electron chi connectivity index (χ3n) is 5.67. The summed E-state index contributed by atoms with van der Waals surface area (Å²) in [5.74, 6) is -0.121. The van der Waals surface area contributed by atoms with Crippen LogP contribution in [0.3, 0.4) is 0 Å². The molecule has 10 nitrogen and oxygen atoms in total. The van der Waals surface area contributed by atoms with Gasteiger partial charge in [0.2, 0.25) is 17.8 Å².